The van der Waals surface area contributed by atoms with Gasteiger partial charge in [0.2, 0.25) is 0 Å². The third-order valence-corrected chi connectivity index (χ3v) is 8.78. The summed E-state index contributed by atoms with van der Waals surface area (Å²) in [7, 11) is 0. The van der Waals surface area contributed by atoms with E-state index in [9.17, 15) is 45.6 Å². The molecule has 1 saturated carbocycles. The van der Waals surface area contributed by atoms with Crippen molar-refractivity contribution in [3.8, 4) is 17.2 Å². The highest BCUT2D eigenvalue weighted by atomic mass is 19.4. The van der Waals surface area contributed by atoms with E-state index in [0.717, 1.165) is 0 Å². The van der Waals surface area contributed by atoms with E-state index >= 15 is 0 Å². The summed E-state index contributed by atoms with van der Waals surface area (Å²) in [6.45, 7) is 3.48. The third-order valence-electron chi connectivity index (χ3n) is 8.78. The number of hydrogen-bond donors (Lipinski definition) is 2. The number of Topliss-reactive ketones (excluding diaryl/α,β-unsaturated/α-hetero) is 1. The molecule has 0 unspecified atom stereocenters. The predicted molar refractivity (Wildman–Crippen MR) is 159 cm³/mol. The van der Waals surface area contributed by atoms with E-state index in [1.807, 2.05) is 6.07 Å². The van der Waals surface area contributed by atoms with Crippen LogP contribution >= 0.6 is 0 Å². The Labute approximate surface area is 266 Å². The average molecular weight is 664 g/mol. The van der Waals surface area contributed by atoms with E-state index in [1.54, 1.807) is 13.0 Å². The first-order valence-corrected chi connectivity index (χ1v) is 14.8. The van der Waals surface area contributed by atoms with Crippen LogP contribution in [-0.4, -0.2) is 28.4 Å². The van der Waals surface area contributed by atoms with Crippen molar-refractivity contribution in [2.45, 2.75) is 76.6 Å². The Kier molecular flexibility index (Phi) is 10.0. The number of carboxylic acids is 1. The summed E-state index contributed by atoms with van der Waals surface area (Å²) in [5.41, 5.74) is -3.48. The summed E-state index contributed by atoms with van der Waals surface area (Å²) in [4.78, 5) is 29.2. The van der Waals surface area contributed by atoms with Crippen molar-refractivity contribution in [1.82, 2.24) is 4.98 Å². The molecule has 0 saturated heterocycles. The Hall–Kier alpha value is -4.47. The molecule has 1 aliphatic rings. The number of halogens is 7. The van der Waals surface area contributed by atoms with Crippen molar-refractivity contribution in [3.63, 3.8) is 0 Å². The number of nitrogens with one attached hydrogen (secondary N) is 1. The van der Waals surface area contributed by atoms with E-state index in [4.69, 9.17) is 5.11 Å². The van der Waals surface area contributed by atoms with Gasteiger partial charge in [0.1, 0.15) is 11.9 Å². The molecule has 4 rings (SSSR count). The molecule has 1 heterocycles. The van der Waals surface area contributed by atoms with Gasteiger partial charge in [0.25, 0.3) is 0 Å². The van der Waals surface area contributed by atoms with Crippen molar-refractivity contribution in [3.05, 3.63) is 81.9 Å². The molecule has 2 N–H and O–H groups in total. The fourth-order valence-corrected chi connectivity index (χ4v) is 5.95. The number of alkyl halides is 6. The molecular weight excluding hydrogens is 631 g/mol. The molecule has 13 heteroatoms. The highest BCUT2D eigenvalue weighted by molar-refractivity contribution is 5.94. The SMILES string of the molecule is Cc1cc(F)ccc1-c1cc([C@H]2CC[C@H](CC(=O)O)CC2)nc(C#N)c1NCC(=O)C(C)(C)c1cc(C(F)(F)F)cc(C(F)(F)F)c1. The zero-order valence-electron chi connectivity index (χ0n) is 25.7. The normalized spacial score (nSPS) is 17.2. The monoisotopic (exact) mass is 663 g/mol. The first-order chi connectivity index (χ1) is 21.8. The molecule has 0 atom stereocenters. The fourth-order valence-electron chi connectivity index (χ4n) is 5.95. The highest BCUT2D eigenvalue weighted by Gasteiger charge is 2.40. The van der Waals surface area contributed by atoms with Crippen LogP contribution in [0.3, 0.4) is 0 Å². The van der Waals surface area contributed by atoms with Crippen LogP contribution < -0.4 is 5.32 Å². The second-order valence-corrected chi connectivity index (χ2v) is 12.4. The number of nitriles is 1. The number of carboxylic acid groups (broad SMARTS) is 1. The Bertz CT molecular complexity index is 1690. The molecule has 0 spiro atoms. The van der Waals surface area contributed by atoms with Gasteiger partial charge in [0.05, 0.1) is 28.8 Å². The number of pyridine rings is 1. The van der Waals surface area contributed by atoms with E-state index in [2.05, 4.69) is 10.3 Å². The lowest BCUT2D eigenvalue weighted by Crippen LogP contribution is -2.35. The lowest BCUT2D eigenvalue weighted by atomic mass is 9.78. The summed E-state index contributed by atoms with van der Waals surface area (Å²) in [5, 5.41) is 22.1. The van der Waals surface area contributed by atoms with Gasteiger partial charge in [-0.05, 0) is 105 Å². The van der Waals surface area contributed by atoms with Crippen LogP contribution in [0.15, 0.2) is 42.5 Å². The van der Waals surface area contributed by atoms with Gasteiger partial charge >= 0.3 is 18.3 Å². The molecule has 0 radical (unpaired) electrons. The number of nitrogens with zero attached hydrogens (tertiary/aromatic N) is 2. The number of hydrogen-bond acceptors (Lipinski definition) is 5. The van der Waals surface area contributed by atoms with Crippen molar-refractivity contribution in [2.24, 2.45) is 5.92 Å². The largest absolute Gasteiger partial charge is 0.481 e. The number of aryl methyl sites for hydroxylation is 1. The maximum absolute atomic E-state index is 14.0. The molecular formula is C34H32F7N3O3. The maximum Gasteiger partial charge on any atom is 0.416 e. The number of anilines is 1. The quantitative estimate of drug-likeness (QED) is 0.222. The highest BCUT2D eigenvalue weighted by Crippen LogP contribution is 2.42. The van der Waals surface area contributed by atoms with Crippen LogP contribution in [0.4, 0.5) is 36.4 Å². The van der Waals surface area contributed by atoms with E-state index < -0.39 is 58.6 Å². The Morgan fingerprint density at radius 2 is 1.49 bits per heavy atom. The number of carbonyl (C=O) groups is 2. The number of ketones is 1. The molecule has 250 valence electrons. The minimum absolute atomic E-state index is 0.00927. The zero-order chi connectivity index (χ0) is 34.9. The first kappa shape index (κ1) is 35.4. The molecule has 1 aliphatic carbocycles. The van der Waals surface area contributed by atoms with Gasteiger partial charge in [-0.15, -0.1) is 0 Å². The van der Waals surface area contributed by atoms with Gasteiger partial charge in [0.15, 0.2) is 11.5 Å². The molecule has 0 bridgehead atoms. The first-order valence-electron chi connectivity index (χ1n) is 14.8. The van der Waals surface area contributed by atoms with Gasteiger partial charge < -0.3 is 10.4 Å². The van der Waals surface area contributed by atoms with Gasteiger partial charge in [-0.1, -0.05) is 6.07 Å². The molecule has 0 aliphatic heterocycles. The minimum Gasteiger partial charge on any atom is -0.481 e. The topological polar surface area (TPSA) is 103 Å². The van der Waals surface area contributed by atoms with Crippen LogP contribution in [-0.2, 0) is 27.4 Å². The smallest absolute Gasteiger partial charge is 0.416 e. The fraction of sp³-hybridized carbons (Fsp3) is 0.412. The summed E-state index contributed by atoms with van der Waals surface area (Å²) in [5.74, 6) is -2.25. The summed E-state index contributed by atoms with van der Waals surface area (Å²) in [6, 6.07) is 8.73. The molecule has 2 aromatic carbocycles. The Morgan fingerprint density at radius 1 is 0.915 bits per heavy atom. The Morgan fingerprint density at radius 3 is 2.00 bits per heavy atom. The van der Waals surface area contributed by atoms with E-state index in [0.29, 0.717) is 60.2 Å². The Balaban J connectivity index is 1.71. The molecule has 1 aromatic heterocycles. The van der Waals surface area contributed by atoms with Gasteiger partial charge in [-0.3, -0.25) is 9.59 Å². The van der Waals surface area contributed by atoms with Gasteiger partial charge in [0, 0.05) is 23.6 Å². The van der Waals surface area contributed by atoms with Gasteiger partial charge in [-0.25, -0.2) is 9.37 Å². The molecule has 6 nitrogen and oxygen atoms in total. The second kappa shape index (κ2) is 13.3. The van der Waals surface area contributed by atoms with Gasteiger partial charge in [-0.2, -0.15) is 31.6 Å². The van der Waals surface area contributed by atoms with E-state index in [-0.39, 0.29) is 35.7 Å². The van der Waals surface area contributed by atoms with Crippen molar-refractivity contribution >= 4 is 17.4 Å². The molecule has 0 amide bonds. The summed E-state index contributed by atoms with van der Waals surface area (Å²) >= 11 is 0. The summed E-state index contributed by atoms with van der Waals surface area (Å²) < 4.78 is 95.2. The van der Waals surface area contributed by atoms with Crippen molar-refractivity contribution in [1.29, 1.82) is 5.26 Å². The number of benzene rings is 2. The number of aliphatic carboxylic acids is 1. The van der Waals surface area contributed by atoms with Crippen LogP contribution in [0.1, 0.15) is 85.5 Å². The second-order valence-electron chi connectivity index (χ2n) is 12.4. The van der Waals surface area contributed by atoms with Crippen LogP contribution in [0, 0.1) is 30.0 Å². The third kappa shape index (κ3) is 8.10. The lowest BCUT2D eigenvalue weighted by molar-refractivity contribution is -0.143. The zero-order valence-corrected chi connectivity index (χ0v) is 25.7. The number of rotatable bonds is 9. The van der Waals surface area contributed by atoms with Crippen LogP contribution in [0.25, 0.3) is 11.1 Å². The average Bonchev–Trinajstić information content (AvgIpc) is 2.98. The summed E-state index contributed by atoms with van der Waals surface area (Å²) in [6.07, 6.45) is -7.63. The minimum atomic E-state index is -5.10. The van der Waals surface area contributed by atoms with Crippen LogP contribution in [0.2, 0.25) is 0 Å². The standard InChI is InChI=1S/C34H32F7N3O3/c1-18-10-24(35)8-9-25(18)26-15-27(20-6-4-19(5-7-20)11-30(46)47)44-28(16-42)31(26)43-17-29(45)32(2,3)21-12-22(33(36,37)38)14-23(13-21)34(39,40)41/h8-10,12-15,19-20,43H,4-7,11,17H2,1-3H3,(H,46,47)/t19-,20-. The van der Waals surface area contributed by atoms with Crippen LogP contribution in [0.5, 0.6) is 0 Å². The molecule has 1 fully saturated rings. The van der Waals surface area contributed by atoms with Crippen molar-refractivity contribution in [2.75, 3.05) is 11.9 Å². The van der Waals surface area contributed by atoms with E-state index in [1.165, 1.54) is 32.0 Å². The number of aromatic nitrogens is 1. The number of carbonyl (C=O) groups excluding carboxylic acids is 1. The predicted octanol–water partition coefficient (Wildman–Crippen LogP) is 8.81. The molecule has 47 heavy (non-hydrogen) atoms. The lowest BCUT2D eigenvalue weighted by Gasteiger charge is -2.29. The van der Waals surface area contributed by atoms with Crippen molar-refractivity contribution < 1.29 is 45.4 Å². The maximum atomic E-state index is 14.0. The molecule has 3 aromatic rings.